The van der Waals surface area contributed by atoms with Crippen molar-refractivity contribution in [1.29, 1.82) is 0 Å². The number of likely N-dealkylation sites (N-methyl/N-ethyl adjacent to an activating group) is 1. The normalized spacial score (nSPS) is 19.4. The highest BCUT2D eigenvalue weighted by Crippen LogP contribution is 2.34. The van der Waals surface area contributed by atoms with Gasteiger partial charge >= 0.3 is 5.97 Å². The molecule has 5 heteroatoms. The van der Waals surface area contributed by atoms with Crippen molar-refractivity contribution in [2.75, 3.05) is 26.7 Å². The molecule has 110 valence electrons. The van der Waals surface area contributed by atoms with Crippen LogP contribution in [0.4, 0.5) is 0 Å². The number of carbonyl (C=O) groups excluding carboxylic acids is 1. The van der Waals surface area contributed by atoms with Crippen LogP contribution in [0.1, 0.15) is 40.0 Å². The van der Waals surface area contributed by atoms with Gasteiger partial charge in [-0.25, -0.2) is 0 Å². The van der Waals surface area contributed by atoms with Crippen molar-refractivity contribution in [3.05, 3.63) is 0 Å². The van der Waals surface area contributed by atoms with Crippen molar-refractivity contribution >= 4 is 11.9 Å². The number of rotatable bonds is 5. The third kappa shape index (κ3) is 3.69. The van der Waals surface area contributed by atoms with Gasteiger partial charge in [-0.2, -0.15) is 0 Å². The summed E-state index contributed by atoms with van der Waals surface area (Å²) in [7, 11) is 1.81. The summed E-state index contributed by atoms with van der Waals surface area (Å²) in [5, 5.41) is 9.32. The monoisotopic (exact) mass is 270 g/mol. The second kappa shape index (κ2) is 6.37. The lowest BCUT2D eigenvalue weighted by molar-refractivity contribution is -0.152. The number of carboxylic acids is 1. The molecule has 0 spiro atoms. The Bertz CT molecular complexity index is 334. The first-order valence-electron chi connectivity index (χ1n) is 7.04. The number of hydrogen-bond acceptors (Lipinski definition) is 3. The van der Waals surface area contributed by atoms with E-state index in [2.05, 4.69) is 4.90 Å². The lowest BCUT2D eigenvalue weighted by Crippen LogP contribution is -2.48. The van der Waals surface area contributed by atoms with Gasteiger partial charge < -0.3 is 10.0 Å². The largest absolute Gasteiger partial charge is 0.481 e. The van der Waals surface area contributed by atoms with Crippen LogP contribution < -0.4 is 0 Å². The second-order valence-corrected chi connectivity index (χ2v) is 5.81. The molecule has 0 saturated carbocycles. The Labute approximate surface area is 115 Å². The Morgan fingerprint density at radius 1 is 1.32 bits per heavy atom. The molecule has 0 radical (unpaired) electrons. The summed E-state index contributed by atoms with van der Waals surface area (Å²) < 4.78 is 0. The van der Waals surface area contributed by atoms with E-state index in [1.165, 1.54) is 0 Å². The van der Waals surface area contributed by atoms with E-state index < -0.39 is 11.4 Å². The molecule has 1 saturated heterocycles. The van der Waals surface area contributed by atoms with Gasteiger partial charge in [0.05, 0.1) is 12.0 Å². The molecule has 1 rings (SSSR count). The number of piperidine rings is 1. The Morgan fingerprint density at radius 2 is 1.84 bits per heavy atom. The first kappa shape index (κ1) is 16.0. The van der Waals surface area contributed by atoms with Crippen LogP contribution in [0.15, 0.2) is 0 Å². The van der Waals surface area contributed by atoms with Crippen LogP contribution in [0.5, 0.6) is 0 Å². The molecule has 0 aromatic heterocycles. The van der Waals surface area contributed by atoms with E-state index in [9.17, 15) is 14.7 Å². The van der Waals surface area contributed by atoms with Crippen molar-refractivity contribution in [3.8, 4) is 0 Å². The minimum atomic E-state index is -0.694. The maximum absolute atomic E-state index is 12.0. The Kier molecular flexibility index (Phi) is 5.35. The zero-order valence-corrected chi connectivity index (χ0v) is 12.5. The van der Waals surface area contributed by atoms with E-state index in [1.807, 2.05) is 27.8 Å². The van der Waals surface area contributed by atoms with Crippen molar-refractivity contribution in [2.45, 2.75) is 46.1 Å². The first-order valence-corrected chi connectivity index (χ1v) is 7.04. The van der Waals surface area contributed by atoms with Crippen LogP contribution in [0.2, 0.25) is 0 Å². The van der Waals surface area contributed by atoms with E-state index in [0.29, 0.717) is 38.9 Å². The van der Waals surface area contributed by atoms with Gasteiger partial charge in [0, 0.05) is 13.1 Å². The van der Waals surface area contributed by atoms with E-state index >= 15 is 0 Å². The fourth-order valence-corrected chi connectivity index (χ4v) is 2.45. The van der Waals surface area contributed by atoms with Gasteiger partial charge in [0.25, 0.3) is 0 Å². The van der Waals surface area contributed by atoms with Gasteiger partial charge in [-0.05, 0) is 46.2 Å². The molecule has 1 heterocycles. The number of carbonyl (C=O) groups is 2. The fourth-order valence-electron chi connectivity index (χ4n) is 2.45. The summed E-state index contributed by atoms with van der Waals surface area (Å²) in [4.78, 5) is 27.1. The third-order valence-corrected chi connectivity index (χ3v) is 4.47. The average Bonchev–Trinajstić information content (AvgIpc) is 2.38. The number of nitrogens with zero attached hydrogens (tertiary/aromatic N) is 2. The van der Waals surface area contributed by atoms with Gasteiger partial charge in [0.1, 0.15) is 0 Å². The molecule has 1 N–H and O–H groups in total. The van der Waals surface area contributed by atoms with Gasteiger partial charge in [-0.3, -0.25) is 14.5 Å². The number of amides is 1. The van der Waals surface area contributed by atoms with Gasteiger partial charge in [-0.15, -0.1) is 0 Å². The van der Waals surface area contributed by atoms with Crippen LogP contribution >= 0.6 is 0 Å². The zero-order chi connectivity index (χ0) is 14.6. The van der Waals surface area contributed by atoms with E-state index in [4.69, 9.17) is 0 Å². The predicted octanol–water partition coefficient (Wildman–Crippen LogP) is 1.43. The molecule has 0 bridgehead atoms. The predicted molar refractivity (Wildman–Crippen MR) is 73.9 cm³/mol. The highest BCUT2D eigenvalue weighted by molar-refractivity contribution is 5.78. The molecule has 1 aliphatic rings. The minimum Gasteiger partial charge on any atom is -0.481 e. The van der Waals surface area contributed by atoms with E-state index in [1.54, 1.807) is 4.90 Å². The van der Waals surface area contributed by atoms with Crippen molar-refractivity contribution in [2.24, 2.45) is 5.41 Å². The topological polar surface area (TPSA) is 60.9 Å². The maximum Gasteiger partial charge on any atom is 0.309 e. The number of aliphatic carboxylic acids is 1. The first-order chi connectivity index (χ1) is 8.82. The molecule has 1 aliphatic heterocycles. The third-order valence-electron chi connectivity index (χ3n) is 4.47. The van der Waals surface area contributed by atoms with Crippen LogP contribution in [0, 0.1) is 5.41 Å². The van der Waals surface area contributed by atoms with E-state index in [0.717, 1.165) is 0 Å². The smallest absolute Gasteiger partial charge is 0.309 e. The van der Waals surface area contributed by atoms with Crippen molar-refractivity contribution in [1.82, 2.24) is 9.80 Å². The quantitative estimate of drug-likeness (QED) is 0.821. The summed E-state index contributed by atoms with van der Waals surface area (Å²) in [5.74, 6) is -0.588. The van der Waals surface area contributed by atoms with Gasteiger partial charge in [0.2, 0.25) is 5.91 Å². The summed E-state index contributed by atoms with van der Waals surface area (Å²) in [6.45, 7) is 7.69. The molecule has 0 aromatic carbocycles. The average molecular weight is 270 g/mol. The standard InChI is InChI=1S/C14H26N2O3/c1-5-14(13(18)19)6-8-16(9-7-14)10-12(17)15(4)11(2)3/h11H,5-10H2,1-4H3,(H,18,19). The highest BCUT2D eigenvalue weighted by Gasteiger charge is 2.40. The van der Waals surface area contributed by atoms with Gasteiger partial charge in [-0.1, -0.05) is 6.92 Å². The summed E-state index contributed by atoms with van der Waals surface area (Å²) >= 11 is 0. The molecule has 5 nitrogen and oxygen atoms in total. The molecular formula is C14H26N2O3. The molecule has 0 atom stereocenters. The van der Waals surface area contributed by atoms with Crippen LogP contribution in [-0.4, -0.2) is 59.5 Å². The molecule has 0 aliphatic carbocycles. The Hall–Kier alpha value is -1.10. The number of likely N-dealkylation sites (tertiary alicyclic amines) is 1. The summed E-state index contributed by atoms with van der Waals surface area (Å²) in [5.41, 5.74) is -0.580. The van der Waals surface area contributed by atoms with Gasteiger partial charge in [0.15, 0.2) is 0 Å². The molecule has 1 amide bonds. The van der Waals surface area contributed by atoms with Crippen molar-refractivity contribution < 1.29 is 14.7 Å². The molecule has 0 aromatic rings. The minimum absolute atomic E-state index is 0.106. The molecule has 19 heavy (non-hydrogen) atoms. The molecular weight excluding hydrogens is 244 g/mol. The highest BCUT2D eigenvalue weighted by atomic mass is 16.4. The maximum atomic E-state index is 12.0. The van der Waals surface area contributed by atoms with Crippen LogP contribution in [-0.2, 0) is 9.59 Å². The fraction of sp³-hybridized carbons (Fsp3) is 0.857. The molecule has 1 fully saturated rings. The Morgan fingerprint density at radius 3 is 2.21 bits per heavy atom. The number of hydrogen-bond donors (Lipinski definition) is 1. The Balaban J connectivity index is 2.51. The lowest BCUT2D eigenvalue weighted by Gasteiger charge is -2.38. The lowest BCUT2D eigenvalue weighted by atomic mass is 9.76. The summed E-state index contributed by atoms with van der Waals surface area (Å²) in [6, 6.07) is 0.200. The molecule has 0 unspecified atom stereocenters. The summed E-state index contributed by atoms with van der Waals surface area (Å²) in [6.07, 6.45) is 1.94. The number of carboxylic acid groups (broad SMARTS) is 1. The van der Waals surface area contributed by atoms with Crippen molar-refractivity contribution in [3.63, 3.8) is 0 Å². The van der Waals surface area contributed by atoms with Crippen LogP contribution in [0.3, 0.4) is 0 Å². The zero-order valence-electron chi connectivity index (χ0n) is 12.5. The SMILES string of the molecule is CCC1(C(=O)O)CCN(CC(=O)N(C)C(C)C)CC1. The van der Waals surface area contributed by atoms with E-state index in [-0.39, 0.29) is 11.9 Å². The van der Waals surface area contributed by atoms with Crippen LogP contribution in [0.25, 0.3) is 0 Å². The second-order valence-electron chi connectivity index (χ2n) is 5.81.